The lowest BCUT2D eigenvalue weighted by atomic mass is 10.2. The number of rotatable bonds is 7. The maximum Gasteiger partial charge on any atom is 0.241 e. The van der Waals surface area contributed by atoms with Crippen LogP contribution in [0.5, 0.6) is 0 Å². The normalized spacial score (nSPS) is 11.3. The van der Waals surface area contributed by atoms with Crippen LogP contribution in [0.15, 0.2) is 70.3 Å². The molecule has 0 radical (unpaired) electrons. The Morgan fingerprint density at radius 2 is 2.00 bits per heavy atom. The third-order valence-electron chi connectivity index (χ3n) is 3.62. The smallest absolute Gasteiger partial charge is 0.241 e. The Hall–Kier alpha value is -2.68. The highest BCUT2D eigenvalue weighted by molar-refractivity contribution is 7.89. The highest BCUT2D eigenvalue weighted by Crippen LogP contribution is 2.17. The van der Waals surface area contributed by atoms with Gasteiger partial charge in [-0.3, -0.25) is 9.78 Å². The molecule has 0 unspecified atom stereocenters. The van der Waals surface area contributed by atoms with Crippen LogP contribution in [0, 0.1) is 0 Å². The van der Waals surface area contributed by atoms with Crippen molar-refractivity contribution in [2.75, 3.05) is 6.54 Å². The molecule has 1 aromatic carbocycles. The van der Waals surface area contributed by atoms with E-state index in [0.717, 1.165) is 5.56 Å². The number of hydrogen-bond acceptors (Lipinski definition) is 5. The number of hydrogen-bond donors (Lipinski definition) is 2. The number of carbonyl (C=O) groups is 1. The van der Waals surface area contributed by atoms with Crippen LogP contribution in [-0.4, -0.2) is 25.9 Å². The van der Waals surface area contributed by atoms with Crippen molar-refractivity contribution in [1.82, 2.24) is 15.0 Å². The van der Waals surface area contributed by atoms with Crippen molar-refractivity contribution in [3.8, 4) is 11.5 Å². The molecule has 0 aliphatic rings. The Morgan fingerprint density at radius 3 is 2.67 bits per heavy atom. The summed E-state index contributed by atoms with van der Waals surface area (Å²) in [4.78, 5) is 16.2. The lowest BCUT2D eigenvalue weighted by Gasteiger charge is -2.08. The number of amides is 1. The number of carbonyl (C=O) groups excluding carboxylic acids is 1. The summed E-state index contributed by atoms with van der Waals surface area (Å²) in [6.45, 7) is -0.157. The van der Waals surface area contributed by atoms with Crippen molar-refractivity contribution in [3.05, 3.63) is 71.6 Å². The molecule has 0 saturated carbocycles. The number of pyridine rings is 1. The Labute approximate surface area is 161 Å². The van der Waals surface area contributed by atoms with Gasteiger partial charge in [0.05, 0.1) is 17.7 Å². The van der Waals surface area contributed by atoms with Crippen molar-refractivity contribution in [2.45, 2.75) is 11.4 Å². The summed E-state index contributed by atoms with van der Waals surface area (Å²) in [5, 5.41) is 2.93. The molecule has 0 fully saturated rings. The molecule has 0 atom stereocenters. The van der Waals surface area contributed by atoms with E-state index in [1.54, 1.807) is 42.8 Å². The fraction of sp³-hybridized carbons (Fsp3) is 0.111. The van der Waals surface area contributed by atoms with E-state index in [4.69, 9.17) is 16.0 Å². The molecule has 7 nitrogen and oxygen atoms in total. The first-order chi connectivity index (χ1) is 12.9. The molecular formula is C18H16ClN3O4S. The van der Waals surface area contributed by atoms with Crippen molar-refractivity contribution in [3.63, 3.8) is 0 Å². The largest absolute Gasteiger partial charge is 0.463 e. The second kappa shape index (κ2) is 8.34. The molecule has 0 bridgehead atoms. The van der Waals surface area contributed by atoms with Crippen molar-refractivity contribution in [2.24, 2.45) is 0 Å². The van der Waals surface area contributed by atoms with Gasteiger partial charge in [-0.05, 0) is 42.0 Å². The molecule has 3 rings (SSSR count). The maximum atomic E-state index is 12.1. The highest BCUT2D eigenvalue weighted by Gasteiger charge is 2.15. The third kappa shape index (κ3) is 5.16. The number of sulfonamides is 1. The Kier molecular flexibility index (Phi) is 5.90. The third-order valence-corrected chi connectivity index (χ3v) is 5.25. The van der Waals surface area contributed by atoms with Crippen LogP contribution in [0.4, 0.5) is 0 Å². The average molecular weight is 406 g/mol. The lowest BCUT2D eigenvalue weighted by molar-refractivity contribution is -0.120. The molecule has 0 aliphatic heterocycles. The van der Waals surface area contributed by atoms with E-state index in [1.807, 2.05) is 0 Å². The molecule has 1 amide bonds. The molecule has 2 aromatic heterocycles. The van der Waals surface area contributed by atoms with Crippen molar-refractivity contribution in [1.29, 1.82) is 0 Å². The van der Waals surface area contributed by atoms with Crippen LogP contribution in [0.2, 0.25) is 5.02 Å². The minimum absolute atomic E-state index is 0.000477. The zero-order chi connectivity index (χ0) is 19.3. The predicted octanol–water partition coefficient (Wildman–Crippen LogP) is 2.59. The van der Waals surface area contributed by atoms with Gasteiger partial charge in [0.15, 0.2) is 5.76 Å². The van der Waals surface area contributed by atoms with Gasteiger partial charge in [0.25, 0.3) is 0 Å². The van der Waals surface area contributed by atoms with Crippen LogP contribution in [-0.2, 0) is 21.4 Å². The lowest BCUT2D eigenvalue weighted by Crippen LogP contribution is -2.36. The standard InChI is InChI=1S/C18H16ClN3O4S/c19-14-3-1-4-15(9-14)27(24,25)22-12-18(23)21-11-13-6-7-16(20-10-13)17-5-2-8-26-17/h1-10,22H,11-12H2,(H,21,23). The number of furan rings is 1. The van der Waals surface area contributed by atoms with Gasteiger partial charge in [0, 0.05) is 17.8 Å². The SMILES string of the molecule is O=C(CNS(=O)(=O)c1cccc(Cl)c1)NCc1ccc(-c2ccco2)nc1. The summed E-state index contributed by atoms with van der Waals surface area (Å²) in [6, 6.07) is 13.0. The van der Waals surface area contributed by atoms with Gasteiger partial charge < -0.3 is 9.73 Å². The van der Waals surface area contributed by atoms with Crippen LogP contribution in [0.3, 0.4) is 0 Å². The second-order valence-corrected chi connectivity index (χ2v) is 7.79. The summed E-state index contributed by atoms with van der Waals surface area (Å²) >= 11 is 5.79. The second-order valence-electron chi connectivity index (χ2n) is 5.59. The number of nitrogens with zero attached hydrogens (tertiary/aromatic N) is 1. The van der Waals surface area contributed by atoms with E-state index in [2.05, 4.69) is 15.0 Å². The van der Waals surface area contributed by atoms with Gasteiger partial charge in [-0.1, -0.05) is 23.7 Å². The Bertz CT molecular complexity index is 1020. The van der Waals surface area contributed by atoms with E-state index in [0.29, 0.717) is 16.5 Å². The quantitative estimate of drug-likeness (QED) is 0.629. The van der Waals surface area contributed by atoms with Crippen LogP contribution in [0.25, 0.3) is 11.5 Å². The number of aromatic nitrogens is 1. The summed E-state index contributed by atoms with van der Waals surface area (Å²) in [5.41, 5.74) is 1.46. The van der Waals surface area contributed by atoms with Crippen LogP contribution >= 0.6 is 11.6 Å². The van der Waals surface area contributed by atoms with Crippen LogP contribution < -0.4 is 10.0 Å². The first-order valence-electron chi connectivity index (χ1n) is 7.95. The van der Waals surface area contributed by atoms with E-state index in [1.165, 1.54) is 18.2 Å². The maximum absolute atomic E-state index is 12.1. The van der Waals surface area contributed by atoms with E-state index in [9.17, 15) is 13.2 Å². The van der Waals surface area contributed by atoms with Gasteiger partial charge in [0.2, 0.25) is 15.9 Å². The Morgan fingerprint density at radius 1 is 1.15 bits per heavy atom. The van der Waals surface area contributed by atoms with Gasteiger partial charge in [-0.25, -0.2) is 13.1 Å². The van der Waals surface area contributed by atoms with Crippen LogP contribution in [0.1, 0.15) is 5.56 Å². The monoisotopic (exact) mass is 405 g/mol. The van der Waals surface area contributed by atoms with Gasteiger partial charge >= 0.3 is 0 Å². The first-order valence-corrected chi connectivity index (χ1v) is 9.81. The summed E-state index contributed by atoms with van der Waals surface area (Å²) < 4.78 is 31.8. The minimum atomic E-state index is -3.81. The number of nitrogens with one attached hydrogen (secondary N) is 2. The van der Waals surface area contributed by atoms with Crippen molar-refractivity contribution < 1.29 is 17.6 Å². The molecule has 0 spiro atoms. The molecule has 9 heteroatoms. The predicted molar refractivity (Wildman–Crippen MR) is 100 cm³/mol. The Balaban J connectivity index is 1.51. The van der Waals surface area contributed by atoms with Gasteiger partial charge in [-0.15, -0.1) is 0 Å². The van der Waals surface area contributed by atoms with E-state index in [-0.39, 0.29) is 18.0 Å². The molecule has 3 aromatic rings. The zero-order valence-electron chi connectivity index (χ0n) is 14.1. The molecule has 2 heterocycles. The number of halogens is 1. The van der Waals surface area contributed by atoms with E-state index >= 15 is 0 Å². The minimum Gasteiger partial charge on any atom is -0.463 e. The summed E-state index contributed by atoms with van der Waals surface area (Å²) in [5.74, 6) is 0.191. The summed E-state index contributed by atoms with van der Waals surface area (Å²) in [7, 11) is -3.81. The first kappa shape index (κ1) is 19.1. The molecule has 0 aliphatic carbocycles. The molecule has 0 saturated heterocycles. The summed E-state index contributed by atoms with van der Waals surface area (Å²) in [6.07, 6.45) is 3.18. The molecule has 27 heavy (non-hydrogen) atoms. The van der Waals surface area contributed by atoms with E-state index < -0.39 is 15.9 Å². The fourth-order valence-corrected chi connectivity index (χ4v) is 3.52. The van der Waals surface area contributed by atoms with Gasteiger partial charge in [0.1, 0.15) is 5.69 Å². The average Bonchev–Trinajstić information content (AvgIpc) is 3.20. The number of benzene rings is 1. The topological polar surface area (TPSA) is 101 Å². The van der Waals surface area contributed by atoms with Gasteiger partial charge in [-0.2, -0.15) is 0 Å². The van der Waals surface area contributed by atoms with Crippen molar-refractivity contribution >= 4 is 27.5 Å². The zero-order valence-corrected chi connectivity index (χ0v) is 15.6. The molecule has 2 N–H and O–H groups in total. The molecular weight excluding hydrogens is 390 g/mol. The molecule has 140 valence electrons. The highest BCUT2D eigenvalue weighted by atomic mass is 35.5. The fourth-order valence-electron chi connectivity index (χ4n) is 2.24.